The molecule has 0 spiro atoms. The van der Waals surface area contributed by atoms with Crippen molar-refractivity contribution < 1.29 is 9.84 Å². The van der Waals surface area contributed by atoms with Crippen LogP contribution >= 0.6 is 0 Å². The molecular formula is C15H23NO2. The van der Waals surface area contributed by atoms with Crippen molar-refractivity contribution in [2.75, 3.05) is 13.2 Å². The average molecular weight is 249 g/mol. The average Bonchev–Trinajstić information content (AvgIpc) is 2.92. The normalized spacial score (nSPS) is 22.9. The lowest BCUT2D eigenvalue weighted by molar-refractivity contribution is 0.177. The molecule has 0 amide bonds. The summed E-state index contributed by atoms with van der Waals surface area (Å²) >= 11 is 0. The molecule has 0 aliphatic carbocycles. The van der Waals surface area contributed by atoms with Gasteiger partial charge in [0.15, 0.2) is 0 Å². The molecule has 1 aliphatic heterocycles. The molecule has 1 heterocycles. The van der Waals surface area contributed by atoms with E-state index in [9.17, 15) is 0 Å². The third kappa shape index (κ3) is 3.31. The summed E-state index contributed by atoms with van der Waals surface area (Å²) in [6.07, 6.45) is 1.15. The molecule has 2 N–H and O–H groups in total. The lowest BCUT2D eigenvalue weighted by Crippen LogP contribution is -2.35. The monoisotopic (exact) mass is 249 g/mol. The van der Waals surface area contributed by atoms with Gasteiger partial charge in [-0.25, -0.2) is 0 Å². The molecule has 1 aromatic carbocycles. The predicted molar refractivity (Wildman–Crippen MR) is 72.3 cm³/mol. The van der Waals surface area contributed by atoms with Crippen LogP contribution in [0.25, 0.3) is 0 Å². The SMILES string of the molecule is CC(NC(C)C1CCOC1)c1cccc(CO)c1. The van der Waals surface area contributed by atoms with E-state index in [1.165, 1.54) is 5.56 Å². The van der Waals surface area contributed by atoms with Gasteiger partial charge in [0, 0.05) is 18.7 Å². The van der Waals surface area contributed by atoms with E-state index < -0.39 is 0 Å². The van der Waals surface area contributed by atoms with Gasteiger partial charge in [-0.3, -0.25) is 0 Å². The Balaban J connectivity index is 1.95. The number of hydrogen-bond acceptors (Lipinski definition) is 3. The number of nitrogens with one attached hydrogen (secondary N) is 1. The first-order valence-electron chi connectivity index (χ1n) is 6.74. The number of hydrogen-bond donors (Lipinski definition) is 2. The molecular weight excluding hydrogens is 226 g/mol. The molecule has 1 fully saturated rings. The van der Waals surface area contributed by atoms with Gasteiger partial charge in [-0.2, -0.15) is 0 Å². The van der Waals surface area contributed by atoms with Gasteiger partial charge >= 0.3 is 0 Å². The fraction of sp³-hybridized carbons (Fsp3) is 0.600. The van der Waals surface area contributed by atoms with Crippen LogP contribution in [0.15, 0.2) is 24.3 Å². The van der Waals surface area contributed by atoms with Crippen molar-refractivity contribution >= 4 is 0 Å². The standard InChI is InChI=1S/C15H23NO2/c1-11(14-5-3-4-13(8-14)9-17)16-12(2)15-6-7-18-10-15/h3-5,8,11-12,15-17H,6-7,9-10H2,1-2H3. The highest BCUT2D eigenvalue weighted by atomic mass is 16.5. The maximum atomic E-state index is 9.16. The summed E-state index contributed by atoms with van der Waals surface area (Å²) in [5, 5.41) is 12.8. The molecule has 0 aromatic heterocycles. The lowest BCUT2D eigenvalue weighted by Gasteiger charge is -2.24. The number of rotatable bonds is 5. The molecule has 1 aromatic rings. The number of aliphatic hydroxyl groups excluding tert-OH is 1. The van der Waals surface area contributed by atoms with Crippen LogP contribution in [0.4, 0.5) is 0 Å². The van der Waals surface area contributed by atoms with Gasteiger partial charge in [0.2, 0.25) is 0 Å². The molecule has 0 radical (unpaired) electrons. The Labute approximate surface area is 109 Å². The molecule has 0 bridgehead atoms. The molecule has 18 heavy (non-hydrogen) atoms. The summed E-state index contributed by atoms with van der Waals surface area (Å²) in [5.41, 5.74) is 2.20. The first-order chi connectivity index (χ1) is 8.70. The highest BCUT2D eigenvalue weighted by molar-refractivity contribution is 5.25. The van der Waals surface area contributed by atoms with Crippen molar-refractivity contribution in [1.29, 1.82) is 0 Å². The van der Waals surface area contributed by atoms with Gasteiger partial charge in [-0.05, 0) is 37.3 Å². The minimum Gasteiger partial charge on any atom is -0.392 e. The van der Waals surface area contributed by atoms with Gasteiger partial charge in [0.25, 0.3) is 0 Å². The van der Waals surface area contributed by atoms with Crippen LogP contribution in [0.2, 0.25) is 0 Å². The van der Waals surface area contributed by atoms with Gasteiger partial charge in [-0.1, -0.05) is 24.3 Å². The Bertz CT molecular complexity index is 375. The van der Waals surface area contributed by atoms with E-state index in [1.54, 1.807) is 0 Å². The lowest BCUT2D eigenvalue weighted by atomic mass is 9.98. The largest absolute Gasteiger partial charge is 0.392 e. The minimum absolute atomic E-state index is 0.104. The zero-order valence-electron chi connectivity index (χ0n) is 11.2. The van der Waals surface area contributed by atoms with Crippen molar-refractivity contribution in [1.82, 2.24) is 5.32 Å². The van der Waals surface area contributed by atoms with Crippen LogP contribution in [-0.2, 0) is 11.3 Å². The zero-order valence-corrected chi connectivity index (χ0v) is 11.2. The highest BCUT2D eigenvalue weighted by Crippen LogP contribution is 2.20. The maximum absolute atomic E-state index is 9.16. The van der Waals surface area contributed by atoms with Crippen LogP contribution in [-0.4, -0.2) is 24.4 Å². The zero-order chi connectivity index (χ0) is 13.0. The molecule has 1 aliphatic rings. The van der Waals surface area contributed by atoms with E-state index in [1.807, 2.05) is 12.1 Å². The van der Waals surface area contributed by atoms with Gasteiger partial charge in [0.1, 0.15) is 0 Å². The van der Waals surface area contributed by atoms with Crippen molar-refractivity contribution in [3.8, 4) is 0 Å². The van der Waals surface area contributed by atoms with Crippen molar-refractivity contribution in [3.63, 3.8) is 0 Å². The van der Waals surface area contributed by atoms with E-state index in [0.717, 1.165) is 25.2 Å². The van der Waals surface area contributed by atoms with Gasteiger partial charge < -0.3 is 15.2 Å². The smallest absolute Gasteiger partial charge is 0.0681 e. The summed E-state index contributed by atoms with van der Waals surface area (Å²) in [7, 11) is 0. The molecule has 0 saturated carbocycles. The first-order valence-corrected chi connectivity index (χ1v) is 6.74. The Kier molecular flexibility index (Phi) is 4.75. The first kappa shape index (κ1) is 13.5. The number of aliphatic hydroxyl groups is 1. The molecule has 3 heteroatoms. The number of benzene rings is 1. The van der Waals surface area contributed by atoms with E-state index in [4.69, 9.17) is 9.84 Å². The van der Waals surface area contributed by atoms with E-state index in [-0.39, 0.29) is 6.61 Å². The van der Waals surface area contributed by atoms with Gasteiger partial charge in [0.05, 0.1) is 13.2 Å². The summed E-state index contributed by atoms with van der Waals surface area (Å²) in [5.74, 6) is 0.619. The third-order valence-corrected chi connectivity index (χ3v) is 3.82. The van der Waals surface area contributed by atoms with Crippen LogP contribution in [0.3, 0.4) is 0 Å². The predicted octanol–water partition coefficient (Wildman–Crippen LogP) is 2.25. The fourth-order valence-electron chi connectivity index (χ4n) is 2.53. The van der Waals surface area contributed by atoms with E-state index in [0.29, 0.717) is 18.0 Å². The van der Waals surface area contributed by atoms with Crippen LogP contribution in [0.5, 0.6) is 0 Å². The Morgan fingerprint density at radius 3 is 2.94 bits per heavy atom. The molecule has 2 rings (SSSR count). The van der Waals surface area contributed by atoms with Crippen LogP contribution in [0.1, 0.15) is 37.4 Å². The summed E-state index contributed by atoms with van der Waals surface area (Å²) in [4.78, 5) is 0. The van der Waals surface area contributed by atoms with Crippen LogP contribution < -0.4 is 5.32 Å². The Morgan fingerprint density at radius 1 is 1.44 bits per heavy atom. The third-order valence-electron chi connectivity index (χ3n) is 3.82. The molecule has 3 unspecified atom stereocenters. The molecule has 100 valence electrons. The quantitative estimate of drug-likeness (QED) is 0.841. The summed E-state index contributed by atoms with van der Waals surface area (Å²) < 4.78 is 5.43. The van der Waals surface area contributed by atoms with Gasteiger partial charge in [-0.15, -0.1) is 0 Å². The fourth-order valence-corrected chi connectivity index (χ4v) is 2.53. The van der Waals surface area contributed by atoms with E-state index in [2.05, 4.69) is 31.3 Å². The molecule has 1 saturated heterocycles. The topological polar surface area (TPSA) is 41.5 Å². The summed E-state index contributed by atoms with van der Waals surface area (Å²) in [6, 6.07) is 8.88. The second-order valence-corrected chi connectivity index (χ2v) is 5.20. The number of ether oxygens (including phenoxy) is 1. The maximum Gasteiger partial charge on any atom is 0.0681 e. The molecule has 3 atom stereocenters. The van der Waals surface area contributed by atoms with Crippen molar-refractivity contribution in [2.24, 2.45) is 5.92 Å². The Hall–Kier alpha value is -0.900. The second-order valence-electron chi connectivity index (χ2n) is 5.20. The Morgan fingerprint density at radius 2 is 2.28 bits per heavy atom. The second kappa shape index (κ2) is 6.32. The highest BCUT2D eigenvalue weighted by Gasteiger charge is 2.23. The summed E-state index contributed by atoms with van der Waals surface area (Å²) in [6.45, 7) is 6.27. The van der Waals surface area contributed by atoms with Crippen molar-refractivity contribution in [2.45, 2.75) is 39.0 Å². The molecule has 3 nitrogen and oxygen atoms in total. The van der Waals surface area contributed by atoms with Crippen molar-refractivity contribution in [3.05, 3.63) is 35.4 Å². The minimum atomic E-state index is 0.104. The van der Waals surface area contributed by atoms with E-state index >= 15 is 0 Å². The van der Waals surface area contributed by atoms with Crippen LogP contribution in [0, 0.1) is 5.92 Å².